The normalized spacial score (nSPS) is 17.1. The molecule has 0 atom stereocenters. The van der Waals surface area contributed by atoms with Gasteiger partial charge in [0, 0.05) is 17.0 Å². The van der Waals surface area contributed by atoms with Gasteiger partial charge in [-0.25, -0.2) is 0 Å². The molecule has 0 heterocycles. The van der Waals surface area contributed by atoms with Gasteiger partial charge in [-0.1, -0.05) is 12.1 Å². The Bertz CT molecular complexity index is 438. The van der Waals surface area contributed by atoms with Crippen LogP contribution in [0.25, 0.3) is 0 Å². The number of hydrogen-bond donors (Lipinski definition) is 2. The fourth-order valence-corrected chi connectivity index (χ4v) is 2.64. The van der Waals surface area contributed by atoms with Gasteiger partial charge in [-0.2, -0.15) is 0 Å². The van der Waals surface area contributed by atoms with E-state index in [2.05, 4.69) is 36.9 Å². The second kappa shape index (κ2) is 5.97. The minimum atomic E-state index is 0.0973. The van der Waals surface area contributed by atoms with Crippen LogP contribution in [0.2, 0.25) is 0 Å². The van der Waals surface area contributed by atoms with Gasteiger partial charge < -0.3 is 10.2 Å². The number of benzene rings is 1. The summed E-state index contributed by atoms with van der Waals surface area (Å²) >= 11 is 4.24. The molecule has 0 bridgehead atoms. The molecule has 1 fully saturated rings. The van der Waals surface area contributed by atoms with E-state index in [1.165, 1.54) is 19.3 Å². The van der Waals surface area contributed by atoms with Gasteiger partial charge in [-0.05, 0) is 51.1 Å². The van der Waals surface area contributed by atoms with Gasteiger partial charge in [0.05, 0.1) is 6.42 Å². The zero-order valence-corrected chi connectivity index (χ0v) is 12.5. The third-order valence-corrected chi connectivity index (χ3v) is 4.45. The first kappa shape index (κ1) is 14.4. The summed E-state index contributed by atoms with van der Waals surface area (Å²) in [5.41, 5.74) is 1.22. The minimum absolute atomic E-state index is 0.0973. The number of amides is 1. The lowest BCUT2D eigenvalue weighted by atomic mass is 9.75. The van der Waals surface area contributed by atoms with E-state index >= 15 is 0 Å². The van der Waals surface area contributed by atoms with Crippen LogP contribution in [0.5, 0.6) is 0 Å². The van der Waals surface area contributed by atoms with Crippen LogP contribution >= 0.6 is 12.6 Å². The molecule has 19 heavy (non-hydrogen) atoms. The van der Waals surface area contributed by atoms with Crippen LogP contribution in [0.4, 0.5) is 0 Å². The molecule has 1 aromatic carbocycles. The van der Waals surface area contributed by atoms with Crippen molar-refractivity contribution in [3.63, 3.8) is 0 Å². The fraction of sp³-hybridized carbons (Fsp3) is 0.533. The van der Waals surface area contributed by atoms with E-state index in [-0.39, 0.29) is 11.4 Å². The number of hydrogen-bond acceptors (Lipinski definition) is 3. The van der Waals surface area contributed by atoms with Crippen molar-refractivity contribution >= 4 is 18.5 Å². The molecule has 0 saturated heterocycles. The first-order chi connectivity index (χ1) is 9.02. The van der Waals surface area contributed by atoms with Gasteiger partial charge in [0.25, 0.3) is 0 Å². The lowest BCUT2D eigenvalue weighted by Gasteiger charge is -2.47. The van der Waals surface area contributed by atoms with Gasteiger partial charge in [0.2, 0.25) is 5.91 Å². The molecule has 0 unspecified atom stereocenters. The van der Waals surface area contributed by atoms with Crippen LogP contribution in [0.3, 0.4) is 0 Å². The molecule has 3 nitrogen and oxygen atoms in total. The van der Waals surface area contributed by atoms with Crippen molar-refractivity contribution in [2.75, 3.05) is 20.6 Å². The minimum Gasteiger partial charge on any atom is -0.354 e. The second-order valence-electron chi connectivity index (χ2n) is 5.59. The number of likely N-dealkylation sites (N-methyl/N-ethyl adjacent to an activating group) is 1. The van der Waals surface area contributed by atoms with Crippen LogP contribution in [-0.4, -0.2) is 37.0 Å². The lowest BCUT2D eigenvalue weighted by Crippen LogP contribution is -2.57. The maximum atomic E-state index is 12.0. The van der Waals surface area contributed by atoms with Crippen molar-refractivity contribution in [3.05, 3.63) is 29.8 Å². The molecule has 1 aliphatic rings. The van der Waals surface area contributed by atoms with E-state index < -0.39 is 0 Å². The Morgan fingerprint density at radius 3 is 2.42 bits per heavy atom. The van der Waals surface area contributed by atoms with Crippen molar-refractivity contribution in [3.8, 4) is 0 Å². The first-order valence-electron chi connectivity index (χ1n) is 6.74. The predicted octanol–water partition coefficient (Wildman–Crippen LogP) is 2.12. The Balaban J connectivity index is 1.83. The lowest BCUT2D eigenvalue weighted by molar-refractivity contribution is -0.121. The van der Waals surface area contributed by atoms with Gasteiger partial charge in [0.15, 0.2) is 0 Å². The number of carbonyl (C=O) groups is 1. The molecule has 2 rings (SSSR count). The zero-order valence-electron chi connectivity index (χ0n) is 11.6. The Morgan fingerprint density at radius 1 is 1.32 bits per heavy atom. The molecule has 4 heteroatoms. The maximum Gasteiger partial charge on any atom is 0.224 e. The quantitative estimate of drug-likeness (QED) is 0.809. The molecule has 104 valence electrons. The summed E-state index contributed by atoms with van der Waals surface area (Å²) in [5, 5.41) is 3.07. The molecular weight excluding hydrogens is 256 g/mol. The Hall–Kier alpha value is -1.00. The molecule has 0 spiro atoms. The molecule has 0 aliphatic heterocycles. The van der Waals surface area contributed by atoms with Crippen molar-refractivity contribution in [2.45, 2.75) is 36.1 Å². The van der Waals surface area contributed by atoms with Crippen LogP contribution in [0, 0.1) is 0 Å². The van der Waals surface area contributed by atoms with Crippen LogP contribution < -0.4 is 5.32 Å². The Morgan fingerprint density at radius 2 is 1.95 bits per heavy atom. The fourth-order valence-electron chi connectivity index (χ4n) is 2.49. The van der Waals surface area contributed by atoms with Crippen LogP contribution in [-0.2, 0) is 11.2 Å². The van der Waals surface area contributed by atoms with Crippen LogP contribution in [0.15, 0.2) is 29.2 Å². The monoisotopic (exact) mass is 278 g/mol. The van der Waals surface area contributed by atoms with E-state index in [9.17, 15) is 4.79 Å². The summed E-state index contributed by atoms with van der Waals surface area (Å²) in [4.78, 5) is 15.1. The SMILES string of the molecule is CN(C)C1(CNC(=O)Cc2ccc(S)cc2)CCC1. The standard InChI is InChI=1S/C15H22N2OS/c1-17(2)15(8-3-9-15)11-16-14(18)10-12-4-6-13(19)7-5-12/h4-7,19H,3,8-11H2,1-2H3,(H,16,18). The third-order valence-electron chi connectivity index (χ3n) is 4.15. The smallest absolute Gasteiger partial charge is 0.224 e. The van der Waals surface area contributed by atoms with Gasteiger partial charge in [0.1, 0.15) is 0 Å². The predicted molar refractivity (Wildman–Crippen MR) is 80.7 cm³/mol. The largest absolute Gasteiger partial charge is 0.354 e. The average molecular weight is 278 g/mol. The Kier molecular flexibility index (Phi) is 4.53. The molecule has 1 aliphatic carbocycles. The summed E-state index contributed by atoms with van der Waals surface area (Å²) in [5.74, 6) is 0.0973. The van der Waals surface area contributed by atoms with E-state index in [1.54, 1.807) is 0 Å². The molecule has 1 N–H and O–H groups in total. The van der Waals surface area contributed by atoms with Crippen molar-refractivity contribution in [2.24, 2.45) is 0 Å². The molecule has 1 aromatic rings. The van der Waals surface area contributed by atoms with E-state index in [0.717, 1.165) is 17.0 Å². The first-order valence-corrected chi connectivity index (χ1v) is 7.19. The summed E-state index contributed by atoms with van der Waals surface area (Å²) in [6, 6.07) is 7.73. The van der Waals surface area contributed by atoms with E-state index in [4.69, 9.17) is 0 Å². The number of carbonyl (C=O) groups excluding carboxylic acids is 1. The van der Waals surface area contributed by atoms with Gasteiger partial charge >= 0.3 is 0 Å². The topological polar surface area (TPSA) is 32.3 Å². The summed E-state index contributed by atoms with van der Waals surface area (Å²) < 4.78 is 0. The molecule has 1 amide bonds. The summed E-state index contributed by atoms with van der Waals surface area (Å²) in [7, 11) is 4.19. The van der Waals surface area contributed by atoms with E-state index in [0.29, 0.717) is 6.42 Å². The summed E-state index contributed by atoms with van der Waals surface area (Å²) in [6.07, 6.45) is 4.05. The van der Waals surface area contributed by atoms with Gasteiger partial charge in [-0.3, -0.25) is 4.79 Å². The molecule has 0 radical (unpaired) electrons. The van der Waals surface area contributed by atoms with Gasteiger partial charge in [-0.15, -0.1) is 12.6 Å². The number of nitrogens with zero attached hydrogens (tertiary/aromatic N) is 1. The number of nitrogens with one attached hydrogen (secondary N) is 1. The van der Waals surface area contributed by atoms with Crippen LogP contribution in [0.1, 0.15) is 24.8 Å². The zero-order chi connectivity index (χ0) is 13.9. The highest BCUT2D eigenvalue weighted by Gasteiger charge is 2.39. The number of rotatable bonds is 5. The average Bonchev–Trinajstić information content (AvgIpc) is 2.30. The van der Waals surface area contributed by atoms with Crippen molar-refractivity contribution in [1.29, 1.82) is 0 Å². The molecule has 1 saturated carbocycles. The van der Waals surface area contributed by atoms with Crippen molar-refractivity contribution in [1.82, 2.24) is 10.2 Å². The summed E-state index contributed by atoms with van der Waals surface area (Å²) in [6.45, 7) is 0.753. The third kappa shape index (κ3) is 3.51. The molecule has 0 aromatic heterocycles. The Labute approximate surface area is 120 Å². The highest BCUT2D eigenvalue weighted by molar-refractivity contribution is 7.80. The second-order valence-corrected chi connectivity index (χ2v) is 6.11. The number of thiol groups is 1. The maximum absolute atomic E-state index is 12.0. The van der Waals surface area contributed by atoms with E-state index in [1.807, 2.05) is 24.3 Å². The highest BCUT2D eigenvalue weighted by atomic mass is 32.1. The highest BCUT2D eigenvalue weighted by Crippen LogP contribution is 2.35. The van der Waals surface area contributed by atoms with Crippen molar-refractivity contribution < 1.29 is 4.79 Å². The molecular formula is C15H22N2OS.